The Kier molecular flexibility index (Phi) is 7.74. The van der Waals surface area contributed by atoms with Gasteiger partial charge < -0.3 is 10.2 Å². The lowest BCUT2D eigenvalue weighted by molar-refractivity contribution is -0.118. The summed E-state index contributed by atoms with van der Waals surface area (Å²) in [6.45, 7) is 6.22. The first kappa shape index (κ1) is 22.6. The van der Waals surface area contributed by atoms with Gasteiger partial charge in [-0.2, -0.15) is 4.31 Å². The van der Waals surface area contributed by atoms with Crippen molar-refractivity contribution in [1.82, 2.24) is 14.6 Å². The van der Waals surface area contributed by atoms with Crippen LogP contribution in [0.3, 0.4) is 0 Å². The lowest BCUT2D eigenvalue weighted by atomic mass is 10.2. The van der Waals surface area contributed by atoms with E-state index in [0.29, 0.717) is 26.2 Å². The standard InChI is InChI=1S/C21H28N4O3S2/c1-17-6-7-18(2)19(15-17)29-16-21(26)23-9-14-30(27,28)25-12-10-24(11-13-25)20-5-3-4-8-22-20/h3-8,15H,9-14,16H2,1-2H3,(H,23,26). The van der Waals surface area contributed by atoms with Crippen LogP contribution in [0.4, 0.5) is 5.82 Å². The van der Waals surface area contributed by atoms with Crippen molar-refractivity contribution in [2.24, 2.45) is 0 Å². The first-order valence-electron chi connectivity index (χ1n) is 9.96. The largest absolute Gasteiger partial charge is 0.354 e. The zero-order chi connectivity index (χ0) is 21.6. The van der Waals surface area contributed by atoms with Crippen LogP contribution in [0, 0.1) is 13.8 Å². The first-order chi connectivity index (χ1) is 14.3. The van der Waals surface area contributed by atoms with Gasteiger partial charge in [-0.15, -0.1) is 11.8 Å². The van der Waals surface area contributed by atoms with Gasteiger partial charge in [0.25, 0.3) is 0 Å². The van der Waals surface area contributed by atoms with E-state index in [1.807, 2.05) is 44.2 Å². The Morgan fingerprint density at radius 1 is 1.13 bits per heavy atom. The highest BCUT2D eigenvalue weighted by atomic mass is 32.2. The monoisotopic (exact) mass is 448 g/mol. The molecule has 0 atom stereocenters. The molecular formula is C21H28N4O3S2. The number of nitrogens with zero attached hydrogens (tertiary/aromatic N) is 3. The maximum Gasteiger partial charge on any atom is 0.230 e. The predicted molar refractivity (Wildman–Crippen MR) is 121 cm³/mol. The number of anilines is 1. The van der Waals surface area contributed by atoms with E-state index in [2.05, 4.69) is 21.3 Å². The molecule has 1 N–H and O–H groups in total. The number of hydrogen-bond donors (Lipinski definition) is 1. The molecule has 1 aromatic heterocycles. The summed E-state index contributed by atoms with van der Waals surface area (Å²) in [4.78, 5) is 19.6. The van der Waals surface area contributed by atoms with Gasteiger partial charge in [-0.3, -0.25) is 4.79 Å². The van der Waals surface area contributed by atoms with Crippen LogP contribution >= 0.6 is 11.8 Å². The molecular weight excluding hydrogens is 420 g/mol. The SMILES string of the molecule is Cc1ccc(C)c(SCC(=O)NCCS(=O)(=O)N2CCN(c3ccccn3)CC2)c1. The smallest absolute Gasteiger partial charge is 0.230 e. The molecule has 0 unspecified atom stereocenters. The molecule has 0 radical (unpaired) electrons. The van der Waals surface area contributed by atoms with Crippen molar-refractivity contribution >= 4 is 33.5 Å². The van der Waals surface area contributed by atoms with E-state index < -0.39 is 10.0 Å². The van der Waals surface area contributed by atoms with Gasteiger partial charge in [-0.05, 0) is 37.6 Å². The number of hydrogen-bond acceptors (Lipinski definition) is 6. The topological polar surface area (TPSA) is 82.6 Å². The van der Waals surface area contributed by atoms with E-state index >= 15 is 0 Å². The van der Waals surface area contributed by atoms with Gasteiger partial charge in [0.05, 0.1) is 11.5 Å². The lowest BCUT2D eigenvalue weighted by Crippen LogP contribution is -2.50. The molecule has 0 bridgehead atoms. The van der Waals surface area contributed by atoms with Crippen molar-refractivity contribution in [2.75, 3.05) is 49.1 Å². The number of rotatable bonds is 8. The molecule has 1 fully saturated rings. The Balaban J connectivity index is 1.41. The molecule has 30 heavy (non-hydrogen) atoms. The number of carbonyl (C=O) groups excluding carboxylic acids is 1. The van der Waals surface area contributed by atoms with E-state index in [1.54, 1.807) is 6.20 Å². The number of sulfonamides is 1. The van der Waals surface area contributed by atoms with Gasteiger partial charge in [-0.25, -0.2) is 13.4 Å². The molecule has 0 spiro atoms. The van der Waals surface area contributed by atoms with Crippen LogP contribution in [-0.4, -0.2) is 67.8 Å². The fourth-order valence-corrected chi connectivity index (χ4v) is 5.53. The van der Waals surface area contributed by atoms with Crippen molar-refractivity contribution in [3.05, 3.63) is 53.7 Å². The van der Waals surface area contributed by atoms with Crippen molar-refractivity contribution in [1.29, 1.82) is 0 Å². The molecule has 9 heteroatoms. The van der Waals surface area contributed by atoms with Crippen LogP contribution in [0.15, 0.2) is 47.5 Å². The third-order valence-corrected chi connectivity index (χ3v) is 8.02. The van der Waals surface area contributed by atoms with Crippen LogP contribution in [0.1, 0.15) is 11.1 Å². The maximum absolute atomic E-state index is 12.6. The van der Waals surface area contributed by atoms with Crippen molar-refractivity contribution < 1.29 is 13.2 Å². The van der Waals surface area contributed by atoms with Crippen LogP contribution in [0.25, 0.3) is 0 Å². The van der Waals surface area contributed by atoms with E-state index in [-0.39, 0.29) is 24.0 Å². The number of pyridine rings is 1. The Hall–Kier alpha value is -2.10. The summed E-state index contributed by atoms with van der Waals surface area (Å²) >= 11 is 1.47. The van der Waals surface area contributed by atoms with Gasteiger partial charge in [0.1, 0.15) is 5.82 Å². The normalized spacial score (nSPS) is 15.2. The van der Waals surface area contributed by atoms with E-state index in [9.17, 15) is 13.2 Å². The number of amides is 1. The van der Waals surface area contributed by atoms with Gasteiger partial charge in [0, 0.05) is 43.8 Å². The molecule has 1 aliphatic rings. The third-order valence-electron chi connectivity index (χ3n) is 4.99. The number of nitrogens with one attached hydrogen (secondary N) is 1. The van der Waals surface area contributed by atoms with Gasteiger partial charge in [0.15, 0.2) is 0 Å². The fourth-order valence-electron chi connectivity index (χ4n) is 3.24. The molecule has 2 aromatic rings. The number of carbonyl (C=O) groups is 1. The second-order valence-electron chi connectivity index (χ2n) is 7.30. The quantitative estimate of drug-likeness (QED) is 0.623. The summed E-state index contributed by atoms with van der Waals surface area (Å²) in [5.74, 6) is 0.892. The third kappa shape index (κ3) is 6.20. The predicted octanol–water partition coefficient (Wildman–Crippen LogP) is 2.06. The zero-order valence-corrected chi connectivity index (χ0v) is 19.0. The molecule has 1 aliphatic heterocycles. The summed E-state index contributed by atoms with van der Waals surface area (Å²) in [5, 5.41) is 2.73. The van der Waals surface area contributed by atoms with Crippen LogP contribution in [0.5, 0.6) is 0 Å². The molecule has 7 nitrogen and oxygen atoms in total. The minimum absolute atomic E-state index is 0.0868. The van der Waals surface area contributed by atoms with Gasteiger partial charge >= 0.3 is 0 Å². The molecule has 1 amide bonds. The highest BCUT2D eigenvalue weighted by molar-refractivity contribution is 8.00. The lowest BCUT2D eigenvalue weighted by Gasteiger charge is -2.34. The average molecular weight is 449 g/mol. The van der Waals surface area contributed by atoms with E-state index in [0.717, 1.165) is 21.8 Å². The highest BCUT2D eigenvalue weighted by Crippen LogP contribution is 2.23. The molecule has 162 valence electrons. The Morgan fingerprint density at radius 3 is 2.60 bits per heavy atom. The molecule has 0 aliphatic carbocycles. The second-order valence-corrected chi connectivity index (χ2v) is 10.4. The summed E-state index contributed by atoms with van der Waals surface area (Å²) in [5.41, 5.74) is 2.28. The van der Waals surface area contributed by atoms with Crippen molar-refractivity contribution in [3.8, 4) is 0 Å². The van der Waals surface area contributed by atoms with Crippen LogP contribution < -0.4 is 10.2 Å². The molecule has 1 saturated heterocycles. The van der Waals surface area contributed by atoms with Crippen molar-refractivity contribution in [2.45, 2.75) is 18.7 Å². The number of piperazine rings is 1. The second kappa shape index (κ2) is 10.3. The number of aromatic nitrogens is 1. The Morgan fingerprint density at radius 2 is 1.90 bits per heavy atom. The van der Waals surface area contributed by atoms with Gasteiger partial charge in [-0.1, -0.05) is 23.8 Å². The summed E-state index contributed by atoms with van der Waals surface area (Å²) < 4.78 is 26.7. The Labute approximate surface area is 182 Å². The first-order valence-corrected chi connectivity index (χ1v) is 12.6. The highest BCUT2D eigenvalue weighted by Gasteiger charge is 2.27. The van der Waals surface area contributed by atoms with Crippen molar-refractivity contribution in [3.63, 3.8) is 0 Å². The molecule has 2 heterocycles. The number of aryl methyl sites for hydroxylation is 2. The minimum atomic E-state index is -3.40. The van der Waals surface area contributed by atoms with Gasteiger partial charge in [0.2, 0.25) is 15.9 Å². The molecule has 3 rings (SSSR count). The Bertz CT molecular complexity index is 959. The van der Waals surface area contributed by atoms with E-state index in [1.165, 1.54) is 16.1 Å². The van der Waals surface area contributed by atoms with Crippen LogP contribution in [-0.2, 0) is 14.8 Å². The number of thioether (sulfide) groups is 1. The number of benzene rings is 1. The summed E-state index contributed by atoms with van der Waals surface area (Å²) in [6, 6.07) is 11.8. The van der Waals surface area contributed by atoms with E-state index in [4.69, 9.17) is 0 Å². The maximum atomic E-state index is 12.6. The van der Waals surface area contributed by atoms with Crippen LogP contribution in [0.2, 0.25) is 0 Å². The summed E-state index contributed by atoms with van der Waals surface area (Å²) in [7, 11) is -3.40. The summed E-state index contributed by atoms with van der Waals surface area (Å²) in [6.07, 6.45) is 1.74. The molecule has 1 aromatic carbocycles. The zero-order valence-electron chi connectivity index (χ0n) is 17.4. The molecule has 0 saturated carbocycles. The fraction of sp³-hybridized carbons (Fsp3) is 0.429. The minimum Gasteiger partial charge on any atom is -0.354 e. The average Bonchev–Trinajstić information content (AvgIpc) is 2.75.